The summed E-state index contributed by atoms with van der Waals surface area (Å²) >= 11 is 0. The minimum absolute atomic E-state index is 0.0265. The summed E-state index contributed by atoms with van der Waals surface area (Å²) < 4.78 is 13.6. The number of hydrogen-bond donors (Lipinski definition) is 2. The number of fused-ring (bicyclic) bond motifs is 1. The van der Waals surface area contributed by atoms with Gasteiger partial charge in [0.25, 0.3) is 5.91 Å². The monoisotopic (exact) mass is 586 g/mol. The van der Waals surface area contributed by atoms with Crippen LogP contribution >= 0.6 is 0 Å². The molecule has 0 fully saturated rings. The maximum absolute atomic E-state index is 13.5. The van der Waals surface area contributed by atoms with Crippen molar-refractivity contribution in [3.05, 3.63) is 76.9 Å². The van der Waals surface area contributed by atoms with Crippen LogP contribution in [0.5, 0.6) is 11.5 Å². The first kappa shape index (κ1) is 32.0. The third-order valence-electron chi connectivity index (χ3n) is 8.65. The average Bonchev–Trinajstić information content (AvgIpc) is 3.34. The summed E-state index contributed by atoms with van der Waals surface area (Å²) in [6.45, 7) is 17.5. The van der Waals surface area contributed by atoms with Crippen LogP contribution in [-0.2, 0) is 10.8 Å². The fraction of sp³-hybridized carbons (Fsp3) is 0.457. The quantitative estimate of drug-likeness (QED) is 0.130. The number of aliphatic hydroxyl groups excluding tert-OH is 1. The Morgan fingerprint density at radius 3 is 2.28 bits per heavy atom. The summed E-state index contributed by atoms with van der Waals surface area (Å²) in [5.41, 5.74) is 3.63. The molecule has 3 aromatic carbocycles. The molecule has 4 rings (SSSR count). The summed E-state index contributed by atoms with van der Waals surface area (Å²) in [5.74, 6) is 2.26. The van der Waals surface area contributed by atoms with Crippen molar-refractivity contribution in [3.8, 4) is 17.2 Å². The van der Waals surface area contributed by atoms with Crippen LogP contribution in [0.1, 0.15) is 93.9 Å². The van der Waals surface area contributed by atoms with E-state index >= 15 is 0 Å². The number of carbonyl (C=O) groups is 1. The number of aromatic nitrogens is 3. The van der Waals surface area contributed by atoms with Crippen molar-refractivity contribution in [2.45, 2.75) is 85.5 Å². The predicted octanol–water partition coefficient (Wildman–Crippen LogP) is 6.94. The molecule has 0 bridgehead atoms. The second-order valence-electron chi connectivity index (χ2n) is 12.4. The van der Waals surface area contributed by atoms with E-state index in [0.717, 1.165) is 24.0 Å². The van der Waals surface area contributed by atoms with Crippen LogP contribution in [0.15, 0.2) is 48.5 Å². The van der Waals surface area contributed by atoms with Crippen molar-refractivity contribution in [1.82, 2.24) is 20.1 Å². The van der Waals surface area contributed by atoms with E-state index in [9.17, 15) is 9.90 Å². The van der Waals surface area contributed by atoms with E-state index in [1.54, 1.807) is 10.7 Å². The Hall–Kier alpha value is -3.91. The molecule has 0 saturated heterocycles. The lowest BCUT2D eigenvalue weighted by Gasteiger charge is -2.30. The molecule has 0 unspecified atom stereocenters. The smallest absolute Gasteiger partial charge is 0.255 e. The minimum atomic E-state index is -0.552. The molecule has 0 aliphatic heterocycles. The van der Waals surface area contributed by atoms with E-state index in [4.69, 9.17) is 9.47 Å². The van der Waals surface area contributed by atoms with Crippen molar-refractivity contribution in [1.29, 1.82) is 0 Å². The molecule has 0 saturated carbocycles. The number of carbonyl (C=O) groups excluding carboxylic acids is 1. The lowest BCUT2D eigenvalue weighted by atomic mass is 9.76. The molecule has 8 heteroatoms. The maximum atomic E-state index is 13.5. The predicted molar refractivity (Wildman–Crippen MR) is 172 cm³/mol. The van der Waals surface area contributed by atoms with Crippen molar-refractivity contribution >= 4 is 16.7 Å². The van der Waals surface area contributed by atoms with Gasteiger partial charge in [-0.2, -0.15) is 5.10 Å². The highest BCUT2D eigenvalue weighted by Crippen LogP contribution is 2.39. The van der Waals surface area contributed by atoms with Crippen LogP contribution in [-0.4, -0.2) is 45.7 Å². The van der Waals surface area contributed by atoms with Gasteiger partial charge in [-0.3, -0.25) is 4.79 Å². The number of nitrogens with zero attached hydrogens (tertiary/aromatic N) is 3. The van der Waals surface area contributed by atoms with Gasteiger partial charge in [0.1, 0.15) is 23.1 Å². The highest BCUT2D eigenvalue weighted by atomic mass is 16.6. The van der Waals surface area contributed by atoms with Crippen LogP contribution in [0.25, 0.3) is 16.5 Å². The molecule has 0 aliphatic rings. The molecule has 1 aromatic heterocycles. The third kappa shape index (κ3) is 6.85. The molecule has 43 heavy (non-hydrogen) atoms. The van der Waals surface area contributed by atoms with E-state index in [2.05, 4.69) is 75.1 Å². The summed E-state index contributed by atoms with van der Waals surface area (Å²) in [7, 11) is 0. The molecule has 8 nitrogen and oxygen atoms in total. The van der Waals surface area contributed by atoms with Crippen LogP contribution < -0.4 is 14.8 Å². The van der Waals surface area contributed by atoms with E-state index in [1.807, 2.05) is 38.1 Å². The van der Waals surface area contributed by atoms with Crippen molar-refractivity contribution in [2.75, 3.05) is 19.9 Å². The number of nitrogens with one attached hydrogen (secondary N) is 1. The molecule has 0 atom stereocenters. The number of rotatable bonds is 13. The van der Waals surface area contributed by atoms with E-state index in [-0.39, 0.29) is 16.7 Å². The van der Waals surface area contributed by atoms with E-state index in [1.165, 1.54) is 11.1 Å². The normalized spacial score (nSPS) is 12.0. The minimum Gasteiger partial charge on any atom is -0.493 e. The Balaban J connectivity index is 1.52. The standard InChI is InChI=1S/C35H46N4O4/c1-9-34(5,6)25-16-17-31(29(20-25)35(7,8)10-2)42-19-13-18-36-33(41)28-21-30(39-24(4)37-23(3)38-39)26-14-11-12-15-27(26)32(28)43-22-40/h11-12,14-17,20-21,40H,9-10,13,18-19,22H2,1-8H3,(H,36,41). The third-order valence-corrected chi connectivity index (χ3v) is 8.65. The van der Waals surface area contributed by atoms with Crippen LogP contribution in [0.4, 0.5) is 0 Å². The Labute approximate surface area is 255 Å². The Bertz CT molecular complexity index is 1590. The second kappa shape index (κ2) is 13.2. The zero-order valence-corrected chi connectivity index (χ0v) is 26.9. The number of hydrogen-bond acceptors (Lipinski definition) is 6. The van der Waals surface area contributed by atoms with Crippen molar-refractivity contribution in [2.24, 2.45) is 0 Å². The molecule has 1 amide bonds. The first-order valence-corrected chi connectivity index (χ1v) is 15.2. The molecule has 0 aliphatic carbocycles. The largest absolute Gasteiger partial charge is 0.493 e. The number of ether oxygens (including phenoxy) is 2. The molecule has 1 heterocycles. The van der Waals surface area contributed by atoms with Gasteiger partial charge in [-0.05, 0) is 61.6 Å². The second-order valence-corrected chi connectivity index (χ2v) is 12.4. The first-order chi connectivity index (χ1) is 20.4. The van der Waals surface area contributed by atoms with Crippen molar-refractivity contribution in [3.63, 3.8) is 0 Å². The summed E-state index contributed by atoms with van der Waals surface area (Å²) in [6, 6.07) is 15.9. The topological polar surface area (TPSA) is 98.5 Å². The molecular weight excluding hydrogens is 540 g/mol. The number of aryl methyl sites for hydroxylation is 2. The zero-order valence-electron chi connectivity index (χ0n) is 26.9. The number of aliphatic hydroxyl groups is 1. The Kier molecular flexibility index (Phi) is 9.80. The summed E-state index contributed by atoms with van der Waals surface area (Å²) in [5, 5.41) is 18.7. The highest BCUT2D eigenvalue weighted by molar-refractivity contribution is 6.06. The van der Waals surface area contributed by atoms with Crippen LogP contribution in [0, 0.1) is 13.8 Å². The lowest BCUT2D eigenvalue weighted by molar-refractivity contribution is 0.0900. The van der Waals surface area contributed by atoms with E-state index in [0.29, 0.717) is 53.6 Å². The Morgan fingerprint density at radius 1 is 0.953 bits per heavy atom. The molecule has 4 aromatic rings. The van der Waals surface area contributed by atoms with Gasteiger partial charge in [0, 0.05) is 22.9 Å². The first-order valence-electron chi connectivity index (χ1n) is 15.2. The van der Waals surface area contributed by atoms with Gasteiger partial charge < -0.3 is 19.9 Å². The zero-order chi connectivity index (χ0) is 31.4. The lowest BCUT2D eigenvalue weighted by Crippen LogP contribution is -2.27. The summed E-state index contributed by atoms with van der Waals surface area (Å²) in [4.78, 5) is 18.0. The van der Waals surface area contributed by atoms with E-state index < -0.39 is 6.79 Å². The van der Waals surface area contributed by atoms with Gasteiger partial charge >= 0.3 is 0 Å². The fourth-order valence-electron chi connectivity index (χ4n) is 5.19. The van der Waals surface area contributed by atoms with Gasteiger partial charge in [-0.15, -0.1) is 0 Å². The SMILES string of the molecule is CCC(C)(C)c1ccc(OCCCNC(=O)c2cc(-n3nc(C)nc3C)c3ccccc3c2OCO)c(C(C)(C)CC)c1. The van der Waals surface area contributed by atoms with Gasteiger partial charge in [-0.1, -0.05) is 77.9 Å². The molecule has 2 N–H and O–H groups in total. The molecule has 0 radical (unpaired) electrons. The fourth-order valence-corrected chi connectivity index (χ4v) is 5.19. The number of amides is 1. The van der Waals surface area contributed by atoms with Crippen LogP contribution in [0.3, 0.4) is 0 Å². The molecule has 230 valence electrons. The Morgan fingerprint density at radius 2 is 1.65 bits per heavy atom. The highest BCUT2D eigenvalue weighted by Gasteiger charge is 2.27. The maximum Gasteiger partial charge on any atom is 0.255 e. The van der Waals surface area contributed by atoms with Crippen LogP contribution in [0.2, 0.25) is 0 Å². The van der Waals surface area contributed by atoms with Gasteiger partial charge in [0.05, 0.1) is 17.9 Å². The van der Waals surface area contributed by atoms with Gasteiger partial charge in [-0.25, -0.2) is 9.67 Å². The van der Waals surface area contributed by atoms with Gasteiger partial charge in [0.15, 0.2) is 6.79 Å². The summed E-state index contributed by atoms with van der Waals surface area (Å²) in [6.07, 6.45) is 2.67. The van der Waals surface area contributed by atoms with Crippen molar-refractivity contribution < 1.29 is 19.4 Å². The molecule has 0 spiro atoms. The molecular formula is C35H46N4O4. The average molecular weight is 587 g/mol. The number of benzene rings is 3. The van der Waals surface area contributed by atoms with Gasteiger partial charge in [0.2, 0.25) is 0 Å².